The highest BCUT2D eigenvalue weighted by atomic mass is 32.2. The Morgan fingerprint density at radius 3 is 2.86 bits per heavy atom. The minimum absolute atomic E-state index is 0.522. The summed E-state index contributed by atoms with van der Waals surface area (Å²) in [7, 11) is 0. The van der Waals surface area contributed by atoms with Crippen LogP contribution in [0, 0.1) is 11.8 Å². The normalized spacial score (nSPS) is 45.7. The van der Waals surface area contributed by atoms with Crippen molar-refractivity contribution < 1.29 is 4.74 Å². The molecule has 4 unspecified atom stereocenters. The Bertz CT molecular complexity index is 243. The van der Waals surface area contributed by atoms with Crippen molar-refractivity contribution in [1.29, 1.82) is 0 Å². The fraction of sp³-hybridized carbons (Fsp3) is 0.667. The third-order valence-corrected chi connectivity index (χ3v) is 4.87. The van der Waals surface area contributed by atoms with Crippen LogP contribution in [0.5, 0.6) is 0 Å². The summed E-state index contributed by atoms with van der Waals surface area (Å²) >= 11 is 1.97. The molecular weight excluding hydrogens is 192 g/mol. The van der Waals surface area contributed by atoms with E-state index in [0.717, 1.165) is 30.1 Å². The Morgan fingerprint density at radius 1 is 1.00 bits per heavy atom. The number of ether oxygens (including phenoxy) is 1. The first kappa shape index (κ1) is 9.05. The van der Waals surface area contributed by atoms with E-state index in [1.807, 2.05) is 11.8 Å². The molecule has 0 spiro atoms. The molecule has 76 valence electrons. The lowest BCUT2D eigenvalue weighted by Gasteiger charge is -2.44. The topological polar surface area (TPSA) is 9.23 Å². The van der Waals surface area contributed by atoms with Crippen LogP contribution in [0.2, 0.25) is 0 Å². The lowest BCUT2D eigenvalue weighted by Crippen LogP contribution is -2.44. The third kappa shape index (κ3) is 1.45. The van der Waals surface area contributed by atoms with Crippen LogP contribution in [0.1, 0.15) is 19.3 Å². The van der Waals surface area contributed by atoms with Crippen LogP contribution in [0.3, 0.4) is 0 Å². The van der Waals surface area contributed by atoms with Gasteiger partial charge in [0.15, 0.2) is 0 Å². The highest BCUT2D eigenvalue weighted by molar-refractivity contribution is 8.02. The largest absolute Gasteiger partial charge is 0.376 e. The van der Waals surface area contributed by atoms with E-state index in [-0.39, 0.29) is 0 Å². The molecule has 2 heterocycles. The summed E-state index contributed by atoms with van der Waals surface area (Å²) in [6.45, 7) is 0.967. The van der Waals surface area contributed by atoms with Gasteiger partial charge in [-0.15, -0.1) is 11.8 Å². The van der Waals surface area contributed by atoms with Crippen molar-refractivity contribution in [2.24, 2.45) is 11.8 Å². The average Bonchev–Trinajstić information content (AvgIpc) is 2.29. The van der Waals surface area contributed by atoms with Crippen LogP contribution in [-0.4, -0.2) is 18.0 Å². The quantitative estimate of drug-likeness (QED) is 0.566. The zero-order valence-corrected chi connectivity index (χ0v) is 9.08. The Hall–Kier alpha value is -0.210. The van der Waals surface area contributed by atoms with Crippen molar-refractivity contribution in [3.63, 3.8) is 0 Å². The molecule has 1 fully saturated rings. The molecule has 0 bridgehead atoms. The van der Waals surface area contributed by atoms with Gasteiger partial charge in [-0.05, 0) is 36.5 Å². The van der Waals surface area contributed by atoms with Crippen molar-refractivity contribution in [2.45, 2.75) is 30.6 Å². The maximum Gasteiger partial charge on any atom is 0.0644 e. The first-order valence-electron chi connectivity index (χ1n) is 5.52. The first-order chi connectivity index (χ1) is 6.95. The molecule has 0 radical (unpaired) electrons. The molecule has 3 rings (SSSR count). The fourth-order valence-electron chi connectivity index (χ4n) is 2.91. The van der Waals surface area contributed by atoms with Crippen LogP contribution < -0.4 is 0 Å². The summed E-state index contributed by atoms with van der Waals surface area (Å²) in [4.78, 5) is 0. The molecule has 3 aliphatic rings. The minimum atomic E-state index is 0.522. The van der Waals surface area contributed by atoms with Crippen molar-refractivity contribution in [3.05, 3.63) is 23.6 Å². The van der Waals surface area contributed by atoms with Crippen LogP contribution >= 0.6 is 11.8 Å². The summed E-state index contributed by atoms with van der Waals surface area (Å²) in [6, 6.07) is 0. The highest BCUT2D eigenvalue weighted by Crippen LogP contribution is 2.43. The zero-order chi connectivity index (χ0) is 9.38. The van der Waals surface area contributed by atoms with Crippen molar-refractivity contribution in [2.75, 3.05) is 6.61 Å². The van der Waals surface area contributed by atoms with E-state index in [1.165, 1.54) is 12.8 Å². The predicted octanol–water partition coefficient (Wildman–Crippen LogP) is 2.99. The van der Waals surface area contributed by atoms with Gasteiger partial charge in [-0.3, -0.25) is 0 Å². The van der Waals surface area contributed by atoms with Gasteiger partial charge in [0, 0.05) is 5.25 Å². The smallest absolute Gasteiger partial charge is 0.0644 e. The van der Waals surface area contributed by atoms with E-state index < -0.39 is 0 Å². The lowest BCUT2D eigenvalue weighted by molar-refractivity contribution is -0.0520. The Kier molecular flexibility index (Phi) is 2.42. The number of rotatable bonds is 0. The molecule has 1 aliphatic carbocycles. The Balaban J connectivity index is 1.82. The van der Waals surface area contributed by atoms with Crippen LogP contribution in [0.25, 0.3) is 0 Å². The highest BCUT2D eigenvalue weighted by Gasteiger charge is 2.40. The molecule has 0 aromatic rings. The zero-order valence-electron chi connectivity index (χ0n) is 8.26. The van der Waals surface area contributed by atoms with Crippen molar-refractivity contribution >= 4 is 11.8 Å². The standard InChI is InChI=1S/C12H16OS/c1-2-6-11-9(4-1)10-5-3-7-14-12(10)8-13-11/h1-3,7,9-12H,4-6,8H2. The molecule has 4 atom stereocenters. The van der Waals surface area contributed by atoms with E-state index in [1.54, 1.807) is 0 Å². The summed E-state index contributed by atoms with van der Waals surface area (Å²) < 4.78 is 5.95. The van der Waals surface area contributed by atoms with Gasteiger partial charge in [-0.1, -0.05) is 18.2 Å². The minimum Gasteiger partial charge on any atom is -0.376 e. The molecule has 0 aromatic carbocycles. The second-order valence-corrected chi connectivity index (χ2v) is 5.57. The molecule has 2 aliphatic heterocycles. The van der Waals surface area contributed by atoms with Gasteiger partial charge in [-0.25, -0.2) is 0 Å². The fourth-order valence-corrected chi connectivity index (χ4v) is 4.00. The van der Waals surface area contributed by atoms with E-state index in [0.29, 0.717) is 6.10 Å². The van der Waals surface area contributed by atoms with Gasteiger partial charge in [0.2, 0.25) is 0 Å². The first-order valence-corrected chi connectivity index (χ1v) is 6.46. The number of allylic oxidation sites excluding steroid dienone is 2. The van der Waals surface area contributed by atoms with Crippen LogP contribution in [0.15, 0.2) is 23.6 Å². The van der Waals surface area contributed by atoms with Crippen LogP contribution in [0.4, 0.5) is 0 Å². The molecule has 0 saturated carbocycles. The second kappa shape index (κ2) is 3.74. The van der Waals surface area contributed by atoms with E-state index >= 15 is 0 Å². The molecule has 0 N–H and O–H groups in total. The van der Waals surface area contributed by atoms with Gasteiger partial charge in [-0.2, -0.15) is 0 Å². The van der Waals surface area contributed by atoms with E-state index in [4.69, 9.17) is 4.74 Å². The Labute approximate surface area is 89.6 Å². The number of hydrogen-bond donors (Lipinski definition) is 0. The maximum atomic E-state index is 5.95. The average molecular weight is 208 g/mol. The molecule has 1 saturated heterocycles. The number of hydrogen-bond acceptors (Lipinski definition) is 2. The van der Waals surface area contributed by atoms with Gasteiger partial charge in [0.25, 0.3) is 0 Å². The SMILES string of the molecule is C1=CCC2C(C1)OCC1SC=CCC12. The van der Waals surface area contributed by atoms with E-state index in [2.05, 4.69) is 23.6 Å². The second-order valence-electron chi connectivity index (χ2n) is 4.42. The summed E-state index contributed by atoms with van der Waals surface area (Å²) in [6.07, 6.45) is 11.1. The van der Waals surface area contributed by atoms with Gasteiger partial charge in [0.05, 0.1) is 12.7 Å². The van der Waals surface area contributed by atoms with Crippen molar-refractivity contribution in [3.8, 4) is 0 Å². The van der Waals surface area contributed by atoms with Gasteiger partial charge in [0.1, 0.15) is 0 Å². The van der Waals surface area contributed by atoms with Gasteiger partial charge < -0.3 is 4.74 Å². The number of fused-ring (bicyclic) bond motifs is 3. The molecule has 0 aromatic heterocycles. The summed E-state index contributed by atoms with van der Waals surface area (Å²) in [5.41, 5.74) is 0. The Morgan fingerprint density at radius 2 is 1.86 bits per heavy atom. The van der Waals surface area contributed by atoms with Gasteiger partial charge >= 0.3 is 0 Å². The molecular formula is C12H16OS. The van der Waals surface area contributed by atoms with Crippen molar-refractivity contribution in [1.82, 2.24) is 0 Å². The molecule has 14 heavy (non-hydrogen) atoms. The lowest BCUT2D eigenvalue weighted by atomic mass is 9.75. The summed E-state index contributed by atoms with van der Waals surface area (Å²) in [5, 5.41) is 2.98. The number of thioether (sulfide) groups is 1. The molecule has 1 nitrogen and oxygen atoms in total. The molecule has 2 heteroatoms. The predicted molar refractivity (Wildman–Crippen MR) is 60.2 cm³/mol. The van der Waals surface area contributed by atoms with E-state index in [9.17, 15) is 0 Å². The summed E-state index contributed by atoms with van der Waals surface area (Å²) in [5.74, 6) is 1.66. The van der Waals surface area contributed by atoms with Crippen LogP contribution in [-0.2, 0) is 4.74 Å². The maximum absolute atomic E-state index is 5.95. The monoisotopic (exact) mass is 208 g/mol. The molecule has 0 amide bonds. The third-order valence-electron chi connectivity index (χ3n) is 3.68.